The first-order valence-electron chi connectivity index (χ1n) is 6.96. The first-order valence-corrected chi connectivity index (χ1v) is 9.60. The molecule has 0 heterocycles. The van der Waals surface area contributed by atoms with E-state index in [4.69, 9.17) is 27.9 Å². The normalized spacial score (nSPS) is 15.6. The fourth-order valence-corrected chi connectivity index (χ4v) is 3.28. The molecule has 0 aliphatic carbocycles. The van der Waals surface area contributed by atoms with E-state index >= 15 is 0 Å². The van der Waals surface area contributed by atoms with Gasteiger partial charge in [-0.15, -0.1) is 0 Å². The van der Waals surface area contributed by atoms with Crippen LogP contribution in [0, 0.1) is 0 Å². The van der Waals surface area contributed by atoms with Crippen molar-refractivity contribution in [2.45, 2.75) is 25.2 Å². The summed E-state index contributed by atoms with van der Waals surface area (Å²) in [5, 5.41) is 13.0. The van der Waals surface area contributed by atoms with Gasteiger partial charge in [0.25, 0.3) is 0 Å². The largest absolute Gasteiger partial charge is 0.391 e. The standard InChI is InChI=1S/C14H20Cl2N2O5S/c1-8(19)13(18-24(3,21)22)14(20)17-7-12(23-2)10-5-4-9(15)6-11(10)16/h4-6,8,12-13,18-19H,7H2,1-3H3,(H,17,20). The smallest absolute Gasteiger partial charge is 0.240 e. The first-order chi connectivity index (χ1) is 11.0. The zero-order valence-electron chi connectivity index (χ0n) is 13.4. The Hall–Kier alpha value is -0.900. The molecular formula is C14H20Cl2N2O5S. The summed E-state index contributed by atoms with van der Waals surface area (Å²) in [4.78, 5) is 12.1. The molecular weight excluding hydrogens is 379 g/mol. The third kappa shape index (κ3) is 6.54. The molecule has 24 heavy (non-hydrogen) atoms. The van der Waals surface area contributed by atoms with E-state index in [-0.39, 0.29) is 6.54 Å². The monoisotopic (exact) mass is 398 g/mol. The molecule has 1 aromatic carbocycles. The third-order valence-corrected chi connectivity index (χ3v) is 4.41. The van der Waals surface area contributed by atoms with Crippen molar-refractivity contribution in [3.63, 3.8) is 0 Å². The number of halogens is 2. The average Bonchev–Trinajstić information content (AvgIpc) is 2.45. The summed E-state index contributed by atoms with van der Waals surface area (Å²) in [6, 6.07) is 3.56. The second kappa shape index (κ2) is 8.98. The second-order valence-corrected chi connectivity index (χ2v) is 7.87. The SMILES string of the molecule is COC(CNC(=O)C(NS(C)(=O)=O)C(C)O)c1ccc(Cl)cc1Cl. The maximum Gasteiger partial charge on any atom is 0.240 e. The van der Waals surface area contributed by atoms with Crippen LogP contribution in [0.2, 0.25) is 10.0 Å². The van der Waals surface area contributed by atoms with E-state index in [1.165, 1.54) is 14.0 Å². The van der Waals surface area contributed by atoms with Crippen molar-refractivity contribution in [2.75, 3.05) is 19.9 Å². The summed E-state index contributed by atoms with van der Waals surface area (Å²) in [6.07, 6.45) is -0.868. The molecule has 0 aliphatic rings. The van der Waals surface area contributed by atoms with Gasteiger partial charge in [-0.1, -0.05) is 29.3 Å². The van der Waals surface area contributed by atoms with Crippen LogP contribution in [0.1, 0.15) is 18.6 Å². The van der Waals surface area contributed by atoms with Gasteiger partial charge in [-0.2, -0.15) is 0 Å². The minimum atomic E-state index is -3.66. The Labute approximate surface area is 151 Å². The summed E-state index contributed by atoms with van der Waals surface area (Å²) < 4.78 is 30.0. The number of nitrogens with one attached hydrogen (secondary N) is 2. The van der Waals surface area contributed by atoms with Gasteiger partial charge in [-0.25, -0.2) is 13.1 Å². The number of hydrogen-bond donors (Lipinski definition) is 3. The molecule has 10 heteroatoms. The Morgan fingerprint density at radius 3 is 2.46 bits per heavy atom. The first kappa shape index (κ1) is 21.1. The third-order valence-electron chi connectivity index (χ3n) is 3.16. The molecule has 1 amide bonds. The number of methoxy groups -OCH3 is 1. The van der Waals surface area contributed by atoms with E-state index in [0.29, 0.717) is 15.6 Å². The Morgan fingerprint density at radius 2 is 2.00 bits per heavy atom. The van der Waals surface area contributed by atoms with Gasteiger partial charge >= 0.3 is 0 Å². The number of hydrogen-bond acceptors (Lipinski definition) is 5. The number of aliphatic hydroxyl groups excluding tert-OH is 1. The Balaban J connectivity index is 2.81. The molecule has 0 aromatic heterocycles. The molecule has 3 atom stereocenters. The highest BCUT2D eigenvalue weighted by atomic mass is 35.5. The van der Waals surface area contributed by atoms with Crippen molar-refractivity contribution in [2.24, 2.45) is 0 Å². The second-order valence-electron chi connectivity index (χ2n) is 5.24. The van der Waals surface area contributed by atoms with Crippen LogP contribution < -0.4 is 10.0 Å². The number of rotatable bonds is 8. The van der Waals surface area contributed by atoms with Gasteiger partial charge < -0.3 is 15.2 Å². The lowest BCUT2D eigenvalue weighted by Gasteiger charge is -2.22. The van der Waals surface area contributed by atoms with Crippen LogP contribution in [0.4, 0.5) is 0 Å². The molecule has 1 rings (SSSR count). The predicted molar refractivity (Wildman–Crippen MR) is 92.7 cm³/mol. The predicted octanol–water partition coefficient (Wildman–Crippen LogP) is 1.10. The molecule has 3 unspecified atom stereocenters. The highest BCUT2D eigenvalue weighted by Gasteiger charge is 2.27. The van der Waals surface area contributed by atoms with Gasteiger partial charge in [0.2, 0.25) is 15.9 Å². The lowest BCUT2D eigenvalue weighted by atomic mass is 10.1. The van der Waals surface area contributed by atoms with Crippen molar-refractivity contribution in [1.82, 2.24) is 10.0 Å². The van der Waals surface area contributed by atoms with Crippen molar-refractivity contribution >= 4 is 39.1 Å². The highest BCUT2D eigenvalue weighted by molar-refractivity contribution is 7.88. The molecule has 0 spiro atoms. The van der Waals surface area contributed by atoms with Crippen molar-refractivity contribution < 1.29 is 23.1 Å². The van der Waals surface area contributed by atoms with Gasteiger partial charge in [0.1, 0.15) is 12.1 Å². The van der Waals surface area contributed by atoms with Crippen LogP contribution in [-0.4, -0.2) is 51.5 Å². The maximum atomic E-state index is 12.1. The lowest BCUT2D eigenvalue weighted by molar-refractivity contribution is -0.125. The van der Waals surface area contributed by atoms with E-state index < -0.39 is 34.2 Å². The van der Waals surface area contributed by atoms with Gasteiger partial charge in [0.05, 0.1) is 12.4 Å². The summed E-state index contributed by atoms with van der Waals surface area (Å²) in [5.74, 6) is -0.678. The average molecular weight is 399 g/mol. The molecule has 0 saturated heterocycles. The quantitative estimate of drug-likeness (QED) is 0.607. The van der Waals surface area contributed by atoms with Crippen LogP contribution in [-0.2, 0) is 19.6 Å². The topological polar surface area (TPSA) is 105 Å². The van der Waals surface area contributed by atoms with Crippen molar-refractivity contribution in [3.05, 3.63) is 33.8 Å². The summed E-state index contributed by atoms with van der Waals surface area (Å²) in [6.45, 7) is 1.34. The molecule has 1 aromatic rings. The van der Waals surface area contributed by atoms with E-state index in [9.17, 15) is 18.3 Å². The summed E-state index contributed by atoms with van der Waals surface area (Å²) in [7, 11) is -2.21. The number of amides is 1. The minimum Gasteiger partial charge on any atom is -0.391 e. The molecule has 0 aliphatic heterocycles. The van der Waals surface area contributed by atoms with E-state index in [1.54, 1.807) is 18.2 Å². The van der Waals surface area contributed by atoms with Gasteiger partial charge in [-0.3, -0.25) is 4.79 Å². The lowest BCUT2D eigenvalue weighted by Crippen LogP contribution is -2.52. The van der Waals surface area contributed by atoms with Crippen LogP contribution >= 0.6 is 23.2 Å². The molecule has 0 saturated carbocycles. The number of carbonyl (C=O) groups is 1. The number of carbonyl (C=O) groups excluding carboxylic acids is 1. The number of sulfonamides is 1. The zero-order chi connectivity index (χ0) is 18.5. The van der Waals surface area contributed by atoms with Crippen LogP contribution in [0.25, 0.3) is 0 Å². The number of aliphatic hydroxyl groups is 1. The van der Waals surface area contributed by atoms with Gasteiger partial charge in [0, 0.05) is 29.3 Å². The van der Waals surface area contributed by atoms with Gasteiger partial charge in [0.15, 0.2) is 0 Å². The Bertz CT molecular complexity index is 682. The molecule has 136 valence electrons. The maximum absolute atomic E-state index is 12.1. The van der Waals surface area contributed by atoms with Crippen molar-refractivity contribution in [1.29, 1.82) is 0 Å². The number of benzene rings is 1. The minimum absolute atomic E-state index is 0.0331. The molecule has 0 bridgehead atoms. The van der Waals surface area contributed by atoms with Gasteiger partial charge in [-0.05, 0) is 19.1 Å². The Morgan fingerprint density at radius 1 is 1.38 bits per heavy atom. The fraction of sp³-hybridized carbons (Fsp3) is 0.500. The van der Waals surface area contributed by atoms with Crippen LogP contribution in [0.5, 0.6) is 0 Å². The van der Waals surface area contributed by atoms with Crippen molar-refractivity contribution in [3.8, 4) is 0 Å². The van der Waals surface area contributed by atoms with Crippen LogP contribution in [0.15, 0.2) is 18.2 Å². The molecule has 3 N–H and O–H groups in total. The van der Waals surface area contributed by atoms with E-state index in [0.717, 1.165) is 6.26 Å². The molecule has 0 radical (unpaired) electrons. The van der Waals surface area contributed by atoms with Crippen LogP contribution in [0.3, 0.4) is 0 Å². The van der Waals surface area contributed by atoms with E-state index in [2.05, 4.69) is 10.0 Å². The van der Waals surface area contributed by atoms with E-state index in [1.807, 2.05) is 0 Å². The highest BCUT2D eigenvalue weighted by Crippen LogP contribution is 2.27. The fourth-order valence-electron chi connectivity index (χ4n) is 1.99. The molecule has 0 fully saturated rings. The zero-order valence-corrected chi connectivity index (χ0v) is 15.7. The Kier molecular flexibility index (Phi) is 7.91. The summed E-state index contributed by atoms with van der Waals surface area (Å²) >= 11 is 12.0. The molecule has 7 nitrogen and oxygen atoms in total. The number of ether oxygens (including phenoxy) is 1. The summed E-state index contributed by atoms with van der Waals surface area (Å²) in [5.41, 5.74) is 0.619.